The van der Waals surface area contributed by atoms with Gasteiger partial charge in [0.15, 0.2) is 0 Å². The zero-order valence-electron chi connectivity index (χ0n) is 8.96. The van der Waals surface area contributed by atoms with Crippen LogP contribution in [0.2, 0.25) is 0 Å². The maximum absolute atomic E-state index is 11.0. The highest BCUT2D eigenvalue weighted by Gasteiger charge is 2.05. The summed E-state index contributed by atoms with van der Waals surface area (Å²) >= 11 is 0. The molecule has 0 saturated carbocycles. The Labute approximate surface area is 84.9 Å². The molecule has 2 heteroatoms. The fraction of sp³-hybridized carbons (Fsp3) is 0.417. The first-order chi connectivity index (χ1) is 6.63. The van der Waals surface area contributed by atoms with Gasteiger partial charge in [-0.15, -0.1) is 0 Å². The second-order valence-electron chi connectivity index (χ2n) is 3.42. The monoisotopic (exact) mass is 192 g/mol. The Morgan fingerprint density at radius 2 is 2.14 bits per heavy atom. The van der Waals surface area contributed by atoms with E-state index in [1.54, 1.807) is 6.92 Å². The predicted octanol–water partition coefficient (Wildman–Crippen LogP) is 2.53. The van der Waals surface area contributed by atoms with Gasteiger partial charge in [0, 0.05) is 12.0 Å². The largest absolute Gasteiger partial charge is 0.494 e. The van der Waals surface area contributed by atoms with Crippen LogP contribution in [0.4, 0.5) is 0 Å². The van der Waals surface area contributed by atoms with Crippen molar-refractivity contribution in [1.29, 1.82) is 0 Å². The van der Waals surface area contributed by atoms with Gasteiger partial charge in [-0.2, -0.15) is 0 Å². The second kappa shape index (κ2) is 4.80. The Morgan fingerprint density at radius 3 is 2.71 bits per heavy atom. The lowest BCUT2D eigenvalue weighted by molar-refractivity contribution is -0.116. The molecule has 1 aromatic carbocycles. The SMILES string of the molecule is CCOc1cc(C)ccc1CC(C)=O. The summed E-state index contributed by atoms with van der Waals surface area (Å²) in [6.07, 6.45) is 0.454. The summed E-state index contributed by atoms with van der Waals surface area (Å²) in [4.78, 5) is 11.0. The summed E-state index contributed by atoms with van der Waals surface area (Å²) in [5.74, 6) is 0.998. The average molecular weight is 192 g/mol. The zero-order valence-corrected chi connectivity index (χ0v) is 8.96. The van der Waals surface area contributed by atoms with Gasteiger partial charge in [0.1, 0.15) is 11.5 Å². The van der Waals surface area contributed by atoms with Crippen molar-refractivity contribution in [3.63, 3.8) is 0 Å². The van der Waals surface area contributed by atoms with Crippen LogP contribution in [0.1, 0.15) is 25.0 Å². The Morgan fingerprint density at radius 1 is 1.43 bits per heavy atom. The fourth-order valence-electron chi connectivity index (χ4n) is 1.37. The molecule has 0 bridgehead atoms. The van der Waals surface area contributed by atoms with E-state index in [1.807, 2.05) is 32.0 Å². The minimum absolute atomic E-state index is 0.162. The number of hydrogen-bond acceptors (Lipinski definition) is 2. The van der Waals surface area contributed by atoms with Crippen LogP contribution in [0, 0.1) is 6.92 Å². The molecule has 2 nitrogen and oxygen atoms in total. The van der Waals surface area contributed by atoms with E-state index in [0.29, 0.717) is 13.0 Å². The lowest BCUT2D eigenvalue weighted by Crippen LogP contribution is -2.01. The molecule has 0 N–H and O–H groups in total. The summed E-state index contributed by atoms with van der Waals surface area (Å²) in [5.41, 5.74) is 2.13. The van der Waals surface area contributed by atoms with E-state index in [4.69, 9.17) is 4.74 Å². The number of aryl methyl sites for hydroxylation is 1. The molecule has 0 fully saturated rings. The van der Waals surface area contributed by atoms with Crippen LogP contribution in [-0.4, -0.2) is 12.4 Å². The van der Waals surface area contributed by atoms with Crippen LogP contribution in [-0.2, 0) is 11.2 Å². The minimum Gasteiger partial charge on any atom is -0.494 e. The van der Waals surface area contributed by atoms with Gasteiger partial charge >= 0.3 is 0 Å². The van der Waals surface area contributed by atoms with Gasteiger partial charge in [-0.3, -0.25) is 4.79 Å². The van der Waals surface area contributed by atoms with E-state index in [9.17, 15) is 4.79 Å². The highest BCUT2D eigenvalue weighted by molar-refractivity contribution is 5.79. The topological polar surface area (TPSA) is 26.3 Å². The van der Waals surface area contributed by atoms with Crippen LogP contribution in [0.3, 0.4) is 0 Å². The number of benzene rings is 1. The molecule has 0 aliphatic rings. The van der Waals surface area contributed by atoms with Crippen molar-refractivity contribution < 1.29 is 9.53 Å². The van der Waals surface area contributed by atoms with E-state index < -0.39 is 0 Å². The van der Waals surface area contributed by atoms with Crippen molar-refractivity contribution in [2.75, 3.05) is 6.61 Å². The van der Waals surface area contributed by atoms with E-state index in [-0.39, 0.29) is 5.78 Å². The number of ketones is 1. The number of carbonyl (C=O) groups is 1. The molecule has 1 rings (SSSR count). The van der Waals surface area contributed by atoms with Crippen molar-refractivity contribution in [2.45, 2.75) is 27.2 Å². The Kier molecular flexibility index (Phi) is 3.69. The smallest absolute Gasteiger partial charge is 0.134 e. The quantitative estimate of drug-likeness (QED) is 0.732. The molecule has 0 aliphatic carbocycles. The number of ether oxygens (including phenoxy) is 1. The third-order valence-electron chi connectivity index (χ3n) is 1.96. The van der Waals surface area contributed by atoms with E-state index in [0.717, 1.165) is 16.9 Å². The van der Waals surface area contributed by atoms with Gasteiger partial charge in [-0.05, 0) is 32.4 Å². The Bertz CT molecular complexity index is 329. The first kappa shape index (κ1) is 10.8. The Hall–Kier alpha value is -1.31. The lowest BCUT2D eigenvalue weighted by atomic mass is 10.1. The van der Waals surface area contributed by atoms with Gasteiger partial charge in [-0.1, -0.05) is 12.1 Å². The first-order valence-corrected chi connectivity index (χ1v) is 4.85. The molecule has 76 valence electrons. The second-order valence-corrected chi connectivity index (χ2v) is 3.42. The van der Waals surface area contributed by atoms with E-state index in [1.165, 1.54) is 0 Å². The van der Waals surface area contributed by atoms with Crippen LogP contribution < -0.4 is 4.74 Å². The lowest BCUT2D eigenvalue weighted by Gasteiger charge is -2.09. The van der Waals surface area contributed by atoms with Gasteiger partial charge in [0.25, 0.3) is 0 Å². The molecule has 0 amide bonds. The first-order valence-electron chi connectivity index (χ1n) is 4.85. The summed E-state index contributed by atoms with van der Waals surface area (Å²) in [5, 5.41) is 0. The van der Waals surface area contributed by atoms with Crippen LogP contribution >= 0.6 is 0 Å². The molecule has 0 heterocycles. The number of hydrogen-bond donors (Lipinski definition) is 0. The van der Waals surface area contributed by atoms with E-state index in [2.05, 4.69) is 0 Å². The van der Waals surface area contributed by atoms with Crippen molar-refractivity contribution in [3.05, 3.63) is 29.3 Å². The Balaban J connectivity index is 2.95. The summed E-state index contributed by atoms with van der Waals surface area (Å²) in [6, 6.07) is 5.93. The summed E-state index contributed by atoms with van der Waals surface area (Å²) in [6.45, 7) is 6.18. The number of Topliss-reactive ketones (excluding diaryl/α,β-unsaturated/α-hetero) is 1. The zero-order chi connectivity index (χ0) is 10.6. The molecule has 0 atom stereocenters. The fourth-order valence-corrected chi connectivity index (χ4v) is 1.37. The van der Waals surface area contributed by atoms with Crippen LogP contribution in [0.15, 0.2) is 18.2 Å². The van der Waals surface area contributed by atoms with Gasteiger partial charge in [0.2, 0.25) is 0 Å². The highest BCUT2D eigenvalue weighted by Crippen LogP contribution is 2.20. The van der Waals surface area contributed by atoms with Gasteiger partial charge < -0.3 is 4.74 Å². The third kappa shape index (κ3) is 2.87. The number of rotatable bonds is 4. The molecule has 0 aromatic heterocycles. The predicted molar refractivity (Wildman–Crippen MR) is 56.7 cm³/mol. The van der Waals surface area contributed by atoms with Gasteiger partial charge in [0.05, 0.1) is 6.61 Å². The van der Waals surface area contributed by atoms with Crippen molar-refractivity contribution in [3.8, 4) is 5.75 Å². The molecule has 0 radical (unpaired) electrons. The maximum atomic E-state index is 11.0. The van der Waals surface area contributed by atoms with Crippen molar-refractivity contribution in [1.82, 2.24) is 0 Å². The molecular formula is C12H16O2. The summed E-state index contributed by atoms with van der Waals surface area (Å²) < 4.78 is 5.47. The molecule has 1 aromatic rings. The van der Waals surface area contributed by atoms with Crippen LogP contribution in [0.25, 0.3) is 0 Å². The molecule has 14 heavy (non-hydrogen) atoms. The van der Waals surface area contributed by atoms with Crippen molar-refractivity contribution in [2.24, 2.45) is 0 Å². The minimum atomic E-state index is 0.162. The number of carbonyl (C=O) groups excluding carboxylic acids is 1. The maximum Gasteiger partial charge on any atom is 0.134 e. The molecule has 0 spiro atoms. The van der Waals surface area contributed by atoms with Crippen molar-refractivity contribution >= 4 is 5.78 Å². The molecular weight excluding hydrogens is 176 g/mol. The average Bonchev–Trinajstić information content (AvgIpc) is 2.09. The van der Waals surface area contributed by atoms with Gasteiger partial charge in [-0.25, -0.2) is 0 Å². The standard InChI is InChI=1S/C12H16O2/c1-4-14-12-7-9(2)5-6-11(12)8-10(3)13/h5-7H,4,8H2,1-3H3. The molecule has 0 unspecified atom stereocenters. The highest BCUT2D eigenvalue weighted by atomic mass is 16.5. The normalized spacial score (nSPS) is 9.93. The molecule has 0 saturated heterocycles. The van der Waals surface area contributed by atoms with Crippen LogP contribution in [0.5, 0.6) is 5.75 Å². The summed E-state index contributed by atoms with van der Waals surface area (Å²) in [7, 11) is 0. The molecule has 0 aliphatic heterocycles. The van der Waals surface area contributed by atoms with E-state index >= 15 is 0 Å². The third-order valence-corrected chi connectivity index (χ3v) is 1.96.